The highest BCUT2D eigenvalue weighted by Gasteiger charge is 2.41. The van der Waals surface area contributed by atoms with E-state index in [-0.39, 0.29) is 17.0 Å². The van der Waals surface area contributed by atoms with Gasteiger partial charge in [-0.1, -0.05) is 48.5 Å². The Morgan fingerprint density at radius 2 is 1.68 bits per heavy atom. The predicted molar refractivity (Wildman–Crippen MR) is 157 cm³/mol. The number of hydrogen-bond donors (Lipinski definition) is 1. The van der Waals surface area contributed by atoms with E-state index in [4.69, 9.17) is 0 Å². The van der Waals surface area contributed by atoms with E-state index in [2.05, 4.69) is 55.6 Å². The fourth-order valence-corrected chi connectivity index (χ4v) is 8.01. The molecule has 0 spiro atoms. The average molecular weight is 571 g/mol. The molecule has 5 heterocycles. The van der Waals surface area contributed by atoms with Crippen molar-refractivity contribution in [2.75, 3.05) is 25.1 Å². The maximum atomic E-state index is 13.4. The van der Waals surface area contributed by atoms with Crippen LogP contribution in [0.3, 0.4) is 0 Å². The number of aromatic nitrogens is 2. The summed E-state index contributed by atoms with van der Waals surface area (Å²) in [6.45, 7) is 4.26. The quantitative estimate of drug-likeness (QED) is 0.355. The number of anilines is 1. The molecule has 7 rings (SSSR count). The Labute approximate surface area is 240 Å². The highest BCUT2D eigenvalue weighted by Crippen LogP contribution is 2.38. The van der Waals surface area contributed by atoms with Crippen molar-refractivity contribution in [2.24, 2.45) is 5.92 Å². The second-order valence-electron chi connectivity index (χ2n) is 11.3. The number of pyridine rings is 1. The van der Waals surface area contributed by atoms with E-state index in [0.717, 1.165) is 62.1 Å². The third-order valence-corrected chi connectivity index (χ3v) is 10.4. The van der Waals surface area contributed by atoms with Crippen LogP contribution in [-0.2, 0) is 27.9 Å². The first kappa shape index (κ1) is 26.2. The summed E-state index contributed by atoms with van der Waals surface area (Å²) in [5.41, 5.74) is 7.17. The van der Waals surface area contributed by atoms with Crippen molar-refractivity contribution in [1.29, 1.82) is 0 Å². The minimum absolute atomic E-state index is 0.0681. The van der Waals surface area contributed by atoms with E-state index in [0.29, 0.717) is 24.5 Å². The molecule has 41 heavy (non-hydrogen) atoms. The van der Waals surface area contributed by atoms with Crippen LogP contribution in [0.2, 0.25) is 0 Å². The van der Waals surface area contributed by atoms with Gasteiger partial charge in [0.1, 0.15) is 6.17 Å². The molecule has 0 aliphatic carbocycles. The lowest BCUT2D eigenvalue weighted by Crippen LogP contribution is -2.55. The molecule has 9 nitrogen and oxygen atoms in total. The van der Waals surface area contributed by atoms with Crippen LogP contribution in [0.1, 0.15) is 36.8 Å². The molecule has 212 valence electrons. The van der Waals surface area contributed by atoms with Crippen LogP contribution < -0.4 is 5.43 Å². The summed E-state index contributed by atoms with van der Waals surface area (Å²) >= 11 is 0. The number of fused-ring (bicyclic) bond motifs is 3. The minimum atomic E-state index is -3.77. The summed E-state index contributed by atoms with van der Waals surface area (Å²) in [6.07, 6.45) is 6.74. The van der Waals surface area contributed by atoms with Crippen molar-refractivity contribution in [3.05, 3.63) is 90.3 Å². The van der Waals surface area contributed by atoms with E-state index >= 15 is 0 Å². The number of hydrogen-bond acceptors (Lipinski definition) is 7. The summed E-state index contributed by atoms with van der Waals surface area (Å²) in [5, 5.41) is 3.00. The van der Waals surface area contributed by atoms with Gasteiger partial charge in [-0.25, -0.2) is 17.4 Å². The third kappa shape index (κ3) is 4.79. The summed E-state index contributed by atoms with van der Waals surface area (Å²) in [5.74, 6) is 0.542. The van der Waals surface area contributed by atoms with Gasteiger partial charge in [0.25, 0.3) is 10.0 Å². The summed E-state index contributed by atoms with van der Waals surface area (Å²) in [4.78, 5) is 22.4. The molecule has 1 atom stereocenters. The molecule has 0 bridgehead atoms. The van der Waals surface area contributed by atoms with Gasteiger partial charge < -0.3 is 10.3 Å². The van der Waals surface area contributed by atoms with Crippen molar-refractivity contribution in [3.8, 4) is 0 Å². The number of nitrogens with one attached hydrogen (secondary N) is 1. The van der Waals surface area contributed by atoms with Crippen molar-refractivity contribution in [3.63, 3.8) is 0 Å². The van der Waals surface area contributed by atoms with Gasteiger partial charge in [-0.3, -0.25) is 9.69 Å². The zero-order valence-corrected chi connectivity index (χ0v) is 23.7. The molecule has 10 heteroatoms. The van der Waals surface area contributed by atoms with E-state index in [9.17, 15) is 13.2 Å². The number of hydrazine groups is 1. The van der Waals surface area contributed by atoms with Gasteiger partial charge in [-0.2, -0.15) is 5.01 Å². The molecule has 0 saturated carbocycles. The molecular formula is C31H34N6O3S. The molecule has 2 aromatic carbocycles. The number of piperidine rings is 1. The van der Waals surface area contributed by atoms with Gasteiger partial charge >= 0.3 is 0 Å². The van der Waals surface area contributed by atoms with Crippen molar-refractivity contribution < 1.29 is 13.2 Å². The molecule has 0 radical (unpaired) electrons. The maximum absolute atomic E-state index is 13.4. The van der Waals surface area contributed by atoms with Crippen LogP contribution in [0.15, 0.2) is 84.0 Å². The Hall–Kier alpha value is -3.73. The van der Waals surface area contributed by atoms with Gasteiger partial charge in [0.2, 0.25) is 5.91 Å². The first-order valence-electron chi connectivity index (χ1n) is 14.4. The molecule has 4 aromatic rings. The molecular weight excluding hydrogens is 536 g/mol. The highest BCUT2D eigenvalue weighted by atomic mass is 32.2. The topological polar surface area (TPSA) is 90.8 Å². The lowest BCUT2D eigenvalue weighted by molar-refractivity contribution is -0.136. The smallest absolute Gasteiger partial charge is 0.269 e. The van der Waals surface area contributed by atoms with Gasteiger partial charge in [-0.05, 0) is 62.0 Å². The van der Waals surface area contributed by atoms with Crippen molar-refractivity contribution in [1.82, 2.24) is 23.8 Å². The fourth-order valence-electron chi connectivity index (χ4n) is 6.68. The highest BCUT2D eigenvalue weighted by molar-refractivity contribution is 7.90. The lowest BCUT2D eigenvalue weighted by atomic mass is 9.92. The number of carbonyl (C=O) groups excluding carboxylic acids is 1. The summed E-state index contributed by atoms with van der Waals surface area (Å²) in [6, 6.07) is 20.9. The third-order valence-electron chi connectivity index (χ3n) is 8.74. The number of amides is 1. The Bertz CT molecular complexity index is 1670. The van der Waals surface area contributed by atoms with E-state index in [1.54, 1.807) is 42.7 Å². The van der Waals surface area contributed by atoms with E-state index < -0.39 is 10.0 Å². The molecule has 3 aliphatic rings. The van der Waals surface area contributed by atoms with Crippen LogP contribution in [0.4, 0.5) is 5.69 Å². The minimum Gasteiger partial charge on any atom is -0.325 e. The molecule has 1 unspecified atom stereocenters. The normalized spacial score (nSPS) is 19.5. The SMILES string of the molecule is O=C1CCCN1C(C1CCN(Cc2ccccc2)CC1)N1Cc2c(cnc3c2ccn3S(=O)(=O)c2ccccc2)N1. The second-order valence-corrected chi connectivity index (χ2v) is 13.1. The van der Waals surface area contributed by atoms with Crippen LogP contribution in [0, 0.1) is 5.92 Å². The Morgan fingerprint density at radius 3 is 2.39 bits per heavy atom. The van der Waals surface area contributed by atoms with E-state index in [1.807, 2.05) is 6.07 Å². The molecule has 1 amide bonds. The first-order chi connectivity index (χ1) is 20.0. The fraction of sp³-hybridized carbons (Fsp3) is 0.355. The number of carbonyl (C=O) groups is 1. The number of likely N-dealkylation sites (tertiary alicyclic amines) is 2. The number of benzene rings is 2. The molecule has 2 saturated heterocycles. The summed E-state index contributed by atoms with van der Waals surface area (Å²) < 4.78 is 28.0. The lowest BCUT2D eigenvalue weighted by Gasteiger charge is -2.43. The van der Waals surface area contributed by atoms with E-state index in [1.165, 1.54) is 9.54 Å². The van der Waals surface area contributed by atoms with Crippen molar-refractivity contribution >= 4 is 32.7 Å². The molecule has 2 fully saturated rings. The van der Waals surface area contributed by atoms with Gasteiger partial charge in [0.15, 0.2) is 5.65 Å². The van der Waals surface area contributed by atoms with Crippen LogP contribution in [0.5, 0.6) is 0 Å². The average Bonchev–Trinajstić information content (AvgIpc) is 3.74. The number of nitrogens with zero attached hydrogens (tertiary/aromatic N) is 5. The largest absolute Gasteiger partial charge is 0.325 e. The van der Waals surface area contributed by atoms with Gasteiger partial charge in [0.05, 0.1) is 16.8 Å². The molecule has 2 aromatic heterocycles. The monoisotopic (exact) mass is 570 g/mol. The Kier molecular flexibility index (Phi) is 6.76. The van der Waals surface area contributed by atoms with Crippen LogP contribution in [0.25, 0.3) is 11.0 Å². The Morgan fingerprint density at radius 1 is 0.951 bits per heavy atom. The van der Waals surface area contributed by atoms with Gasteiger partial charge in [0, 0.05) is 43.2 Å². The first-order valence-corrected chi connectivity index (χ1v) is 15.8. The van der Waals surface area contributed by atoms with Gasteiger partial charge in [-0.15, -0.1) is 0 Å². The zero-order chi connectivity index (χ0) is 28.0. The molecule has 3 aliphatic heterocycles. The molecule has 1 N–H and O–H groups in total. The van der Waals surface area contributed by atoms with Crippen LogP contribution >= 0.6 is 0 Å². The second kappa shape index (κ2) is 10.6. The van der Waals surface area contributed by atoms with Crippen LogP contribution in [-0.4, -0.2) is 63.9 Å². The zero-order valence-electron chi connectivity index (χ0n) is 22.9. The standard InChI is InChI=1S/C31H34N6O3S/c38-29-12-7-16-35(29)31(24-13-17-34(18-14-24)21-23-8-3-1-4-9-23)36-22-27-26-15-19-37(30(26)32-20-28(27)33-36)41(39,40)25-10-5-2-6-11-25/h1-6,8-11,15,19-20,24,31,33H,7,12-14,16-18,21-22H2. The predicted octanol–water partition coefficient (Wildman–Crippen LogP) is 4.28. The maximum Gasteiger partial charge on any atom is 0.269 e. The Balaban J connectivity index is 1.14. The van der Waals surface area contributed by atoms with Crippen molar-refractivity contribution in [2.45, 2.75) is 49.8 Å². The summed E-state index contributed by atoms with van der Waals surface area (Å²) in [7, 11) is -3.77. The number of rotatable bonds is 7.